The minimum absolute atomic E-state index is 0.0660. The summed E-state index contributed by atoms with van der Waals surface area (Å²) < 4.78 is 23.1. The molecule has 0 radical (unpaired) electrons. The molecule has 11 heteroatoms. The van der Waals surface area contributed by atoms with Crippen molar-refractivity contribution in [3.05, 3.63) is 85.0 Å². The average molecular weight is 539 g/mol. The van der Waals surface area contributed by atoms with E-state index in [0.29, 0.717) is 52.7 Å². The molecule has 0 spiro atoms. The molecule has 40 heavy (non-hydrogen) atoms. The zero-order valence-corrected chi connectivity index (χ0v) is 21.9. The lowest BCUT2D eigenvalue weighted by Crippen LogP contribution is -2.32. The highest BCUT2D eigenvalue weighted by molar-refractivity contribution is 5.88. The number of nitrogens with one attached hydrogen (secondary N) is 1. The maximum Gasteiger partial charge on any atom is 0.245 e. The fourth-order valence-corrected chi connectivity index (χ4v) is 4.98. The summed E-state index contributed by atoms with van der Waals surface area (Å²) in [5, 5.41) is 7.17. The standard InChI is InChI=1S/C29H27FN8O2/c1-3-26(39)37-12-5-4-6-19(15-37)21-7-8-23-28(35-21)29(33-16-31-23)36-22-9-10-24(18(2)27(22)30)40-20-11-13-38-25(14-20)32-17-34-38/h3,7-11,13-14,16-17,19H,1,4-6,12,15H2,2H3,(H,31,33,36). The number of hydrogen-bond acceptors (Lipinski definition) is 8. The minimum atomic E-state index is -0.466. The molecule has 10 nitrogen and oxygen atoms in total. The third-order valence-corrected chi connectivity index (χ3v) is 7.15. The van der Waals surface area contributed by atoms with Crippen LogP contribution in [0, 0.1) is 12.7 Å². The maximum absolute atomic E-state index is 15.5. The highest BCUT2D eigenvalue weighted by Gasteiger charge is 2.24. The molecule has 6 rings (SSSR count). The van der Waals surface area contributed by atoms with Crippen LogP contribution in [0.25, 0.3) is 16.7 Å². The molecule has 5 aromatic rings. The molecule has 1 aromatic carbocycles. The Balaban J connectivity index is 1.27. The summed E-state index contributed by atoms with van der Waals surface area (Å²) in [5.41, 5.74) is 3.21. The smallest absolute Gasteiger partial charge is 0.245 e. The van der Waals surface area contributed by atoms with Gasteiger partial charge in [0.2, 0.25) is 5.91 Å². The Morgan fingerprint density at radius 3 is 2.92 bits per heavy atom. The van der Waals surface area contributed by atoms with E-state index in [-0.39, 0.29) is 17.5 Å². The Labute approximate surface area is 229 Å². The summed E-state index contributed by atoms with van der Waals surface area (Å²) in [5.74, 6) is 0.822. The molecule has 1 N–H and O–H groups in total. The second-order valence-electron chi connectivity index (χ2n) is 9.71. The van der Waals surface area contributed by atoms with Gasteiger partial charge >= 0.3 is 0 Å². The van der Waals surface area contributed by atoms with Crippen LogP contribution in [-0.2, 0) is 4.79 Å². The van der Waals surface area contributed by atoms with Crippen LogP contribution in [0.15, 0.2) is 67.9 Å². The summed E-state index contributed by atoms with van der Waals surface area (Å²) in [6.45, 7) is 6.56. The number of amides is 1. The first-order chi connectivity index (χ1) is 19.5. The Bertz CT molecular complexity index is 1740. The summed E-state index contributed by atoms with van der Waals surface area (Å²) in [7, 11) is 0. The van der Waals surface area contributed by atoms with E-state index in [9.17, 15) is 4.79 Å². The largest absolute Gasteiger partial charge is 0.457 e. The average Bonchev–Trinajstić information content (AvgIpc) is 3.31. The first-order valence-corrected chi connectivity index (χ1v) is 13.1. The van der Waals surface area contributed by atoms with E-state index in [1.807, 2.05) is 17.0 Å². The second kappa shape index (κ2) is 10.7. The summed E-state index contributed by atoms with van der Waals surface area (Å²) in [6, 6.07) is 10.6. The van der Waals surface area contributed by atoms with E-state index < -0.39 is 5.82 Å². The van der Waals surface area contributed by atoms with E-state index >= 15 is 4.39 Å². The van der Waals surface area contributed by atoms with Gasteiger partial charge in [-0.05, 0) is 56.2 Å². The number of halogens is 1. The van der Waals surface area contributed by atoms with Gasteiger partial charge in [-0.15, -0.1) is 0 Å². The number of aromatic nitrogens is 6. The number of hydrogen-bond donors (Lipinski definition) is 1. The number of ether oxygens (including phenoxy) is 1. The van der Waals surface area contributed by atoms with Gasteiger partial charge in [0.15, 0.2) is 17.3 Å². The zero-order chi connectivity index (χ0) is 27.6. The van der Waals surface area contributed by atoms with Crippen molar-refractivity contribution < 1.29 is 13.9 Å². The molecule has 0 bridgehead atoms. The Hall–Kier alpha value is -4.93. The van der Waals surface area contributed by atoms with Gasteiger partial charge in [-0.3, -0.25) is 4.79 Å². The lowest BCUT2D eigenvalue weighted by atomic mass is 9.98. The van der Waals surface area contributed by atoms with E-state index in [2.05, 4.69) is 31.9 Å². The van der Waals surface area contributed by atoms with Crippen LogP contribution in [0.3, 0.4) is 0 Å². The van der Waals surface area contributed by atoms with E-state index in [1.54, 1.807) is 41.9 Å². The molecular formula is C29H27FN8O2. The van der Waals surface area contributed by atoms with Crippen molar-refractivity contribution >= 4 is 34.1 Å². The van der Waals surface area contributed by atoms with Crippen molar-refractivity contribution in [2.24, 2.45) is 0 Å². The van der Waals surface area contributed by atoms with Crippen molar-refractivity contribution in [1.29, 1.82) is 0 Å². The van der Waals surface area contributed by atoms with E-state index in [0.717, 1.165) is 25.0 Å². The van der Waals surface area contributed by atoms with E-state index in [4.69, 9.17) is 9.72 Å². The van der Waals surface area contributed by atoms with Gasteiger partial charge in [-0.1, -0.05) is 13.0 Å². The van der Waals surface area contributed by atoms with Gasteiger partial charge in [-0.2, -0.15) is 5.10 Å². The molecule has 0 aliphatic carbocycles. The number of likely N-dealkylation sites (tertiary alicyclic amines) is 1. The number of rotatable bonds is 6. The summed E-state index contributed by atoms with van der Waals surface area (Å²) >= 11 is 0. The first-order valence-electron chi connectivity index (χ1n) is 13.1. The van der Waals surface area contributed by atoms with Crippen LogP contribution in [0.1, 0.15) is 36.4 Å². The van der Waals surface area contributed by atoms with Gasteiger partial charge in [0.05, 0.1) is 11.2 Å². The van der Waals surface area contributed by atoms with Crippen molar-refractivity contribution in [3.63, 3.8) is 0 Å². The predicted molar refractivity (Wildman–Crippen MR) is 148 cm³/mol. The summed E-state index contributed by atoms with van der Waals surface area (Å²) in [4.78, 5) is 31.9. The van der Waals surface area contributed by atoms with Crippen molar-refractivity contribution in [2.45, 2.75) is 32.1 Å². The van der Waals surface area contributed by atoms with Crippen LogP contribution in [0.2, 0.25) is 0 Å². The summed E-state index contributed by atoms with van der Waals surface area (Å²) in [6.07, 6.45) is 8.80. The zero-order valence-electron chi connectivity index (χ0n) is 21.9. The molecule has 5 heterocycles. The van der Waals surface area contributed by atoms with Gasteiger partial charge < -0.3 is 15.0 Å². The molecule has 202 valence electrons. The number of benzene rings is 1. The van der Waals surface area contributed by atoms with Crippen molar-refractivity contribution in [1.82, 2.24) is 34.4 Å². The molecule has 1 amide bonds. The van der Waals surface area contributed by atoms with Crippen molar-refractivity contribution in [3.8, 4) is 11.5 Å². The number of carbonyl (C=O) groups excluding carboxylic acids is 1. The fraction of sp³-hybridized carbons (Fsp3) is 0.241. The van der Waals surface area contributed by atoms with Crippen LogP contribution < -0.4 is 10.1 Å². The second-order valence-corrected chi connectivity index (χ2v) is 9.71. The molecule has 4 aromatic heterocycles. The van der Waals surface area contributed by atoms with Crippen molar-refractivity contribution in [2.75, 3.05) is 18.4 Å². The van der Waals surface area contributed by atoms with Crippen LogP contribution >= 0.6 is 0 Å². The maximum atomic E-state index is 15.5. The third-order valence-electron chi connectivity index (χ3n) is 7.15. The number of nitrogens with zero attached hydrogens (tertiary/aromatic N) is 7. The number of anilines is 2. The normalized spacial score (nSPS) is 15.7. The highest BCUT2D eigenvalue weighted by Crippen LogP contribution is 2.33. The lowest BCUT2D eigenvalue weighted by Gasteiger charge is -2.23. The highest BCUT2D eigenvalue weighted by atomic mass is 19.1. The molecule has 1 saturated heterocycles. The molecule has 1 atom stereocenters. The quantitative estimate of drug-likeness (QED) is 0.289. The molecule has 1 aliphatic heterocycles. The van der Waals surface area contributed by atoms with Gasteiger partial charge in [0, 0.05) is 42.5 Å². The van der Waals surface area contributed by atoms with Crippen LogP contribution in [0.5, 0.6) is 11.5 Å². The molecule has 1 fully saturated rings. The van der Waals surface area contributed by atoms with Gasteiger partial charge in [0.1, 0.15) is 29.7 Å². The molecular weight excluding hydrogens is 511 g/mol. The number of carbonyl (C=O) groups is 1. The molecule has 1 aliphatic rings. The third kappa shape index (κ3) is 4.93. The Morgan fingerprint density at radius 2 is 2.05 bits per heavy atom. The minimum Gasteiger partial charge on any atom is -0.457 e. The fourth-order valence-electron chi connectivity index (χ4n) is 4.98. The van der Waals surface area contributed by atoms with Crippen LogP contribution in [-0.4, -0.2) is 53.4 Å². The van der Waals surface area contributed by atoms with Crippen LogP contribution in [0.4, 0.5) is 15.9 Å². The number of pyridine rings is 2. The Kier molecular flexibility index (Phi) is 6.77. The lowest BCUT2D eigenvalue weighted by molar-refractivity contribution is -0.126. The Morgan fingerprint density at radius 1 is 1.15 bits per heavy atom. The van der Waals surface area contributed by atoms with E-state index in [1.165, 1.54) is 18.7 Å². The molecule has 1 unspecified atom stereocenters. The molecule has 0 saturated carbocycles. The monoisotopic (exact) mass is 538 g/mol. The SMILES string of the molecule is C=CC(=O)N1CCCCC(c2ccc3ncnc(Nc4ccc(Oc5ccn6ncnc6c5)c(C)c4F)c3n2)C1. The first kappa shape index (κ1) is 25.4. The predicted octanol–water partition coefficient (Wildman–Crippen LogP) is 5.33. The topological polar surface area (TPSA) is 110 Å². The van der Waals surface area contributed by atoms with Gasteiger partial charge in [-0.25, -0.2) is 28.8 Å². The van der Waals surface area contributed by atoms with Gasteiger partial charge in [0.25, 0.3) is 0 Å². The number of fused-ring (bicyclic) bond motifs is 2.